The number of aryl methyl sites for hydroxylation is 2. The van der Waals surface area contributed by atoms with Crippen LogP contribution in [0, 0.1) is 13.8 Å². The van der Waals surface area contributed by atoms with Crippen molar-refractivity contribution in [1.82, 2.24) is 25.6 Å². The average Bonchev–Trinajstić information content (AvgIpc) is 3.37. The number of anilines is 1. The van der Waals surface area contributed by atoms with E-state index in [-0.39, 0.29) is 11.8 Å². The predicted molar refractivity (Wildman–Crippen MR) is 113 cm³/mol. The highest BCUT2D eigenvalue weighted by atomic mass is 32.1. The summed E-state index contributed by atoms with van der Waals surface area (Å²) in [5, 5.41) is 13.0. The highest BCUT2D eigenvalue weighted by molar-refractivity contribution is 7.15. The topological polar surface area (TPSA) is 112 Å². The standard InChI is InChI=1S/C20H20N6O3S/c1-10-19(30-11(2)21-10)17-15-16(23-24-17)12-4-3-5-13(14(12)18(15)27)22-20(28)25-26-6-8-29-9-7-26/h3-5H,6-9H2,1-2H3,(H,23,24)(H2,22,25,28). The van der Waals surface area contributed by atoms with Gasteiger partial charge in [0.15, 0.2) is 5.78 Å². The van der Waals surface area contributed by atoms with Crippen molar-refractivity contribution in [2.75, 3.05) is 31.6 Å². The molecule has 3 N–H and O–H groups in total. The summed E-state index contributed by atoms with van der Waals surface area (Å²) in [5.41, 5.74) is 7.13. The Kier molecular flexibility index (Phi) is 4.61. The van der Waals surface area contributed by atoms with E-state index in [4.69, 9.17) is 4.74 Å². The van der Waals surface area contributed by atoms with Gasteiger partial charge >= 0.3 is 6.03 Å². The maximum atomic E-state index is 13.4. The number of thiazole rings is 1. The van der Waals surface area contributed by atoms with Crippen LogP contribution in [0.25, 0.3) is 21.8 Å². The van der Waals surface area contributed by atoms with Crippen LogP contribution >= 0.6 is 11.3 Å². The van der Waals surface area contributed by atoms with E-state index in [9.17, 15) is 9.59 Å². The van der Waals surface area contributed by atoms with Gasteiger partial charge in [0.05, 0.1) is 51.3 Å². The molecule has 0 saturated carbocycles. The highest BCUT2D eigenvalue weighted by Gasteiger charge is 2.36. The van der Waals surface area contributed by atoms with Crippen LogP contribution in [0.3, 0.4) is 0 Å². The molecule has 5 rings (SSSR count). The number of hydrogen-bond donors (Lipinski definition) is 3. The van der Waals surface area contributed by atoms with Crippen LogP contribution in [0.5, 0.6) is 0 Å². The third kappa shape index (κ3) is 3.09. The molecule has 0 unspecified atom stereocenters. The van der Waals surface area contributed by atoms with Crippen molar-refractivity contribution in [2.45, 2.75) is 13.8 Å². The van der Waals surface area contributed by atoms with Crippen molar-refractivity contribution in [3.05, 3.63) is 40.0 Å². The van der Waals surface area contributed by atoms with Gasteiger partial charge in [-0.1, -0.05) is 12.1 Å². The van der Waals surface area contributed by atoms with E-state index in [1.807, 2.05) is 26.0 Å². The van der Waals surface area contributed by atoms with Crippen LogP contribution in [0.2, 0.25) is 0 Å². The Bertz CT molecular complexity index is 1160. The fraction of sp³-hybridized carbons (Fsp3) is 0.300. The summed E-state index contributed by atoms with van der Waals surface area (Å²) >= 11 is 1.51. The second-order valence-corrected chi connectivity index (χ2v) is 8.40. The first-order valence-corrected chi connectivity index (χ1v) is 10.5. The number of aromatic nitrogens is 3. The maximum absolute atomic E-state index is 13.4. The number of benzene rings is 1. The molecule has 1 fully saturated rings. The van der Waals surface area contributed by atoms with E-state index in [0.29, 0.717) is 54.5 Å². The van der Waals surface area contributed by atoms with Crippen molar-refractivity contribution in [3.8, 4) is 21.8 Å². The molecule has 0 bridgehead atoms. The van der Waals surface area contributed by atoms with E-state index in [1.165, 1.54) is 11.3 Å². The Morgan fingerprint density at radius 3 is 2.77 bits per heavy atom. The van der Waals surface area contributed by atoms with E-state index >= 15 is 0 Å². The lowest BCUT2D eigenvalue weighted by molar-refractivity contribution is 0.0207. The molecule has 30 heavy (non-hydrogen) atoms. The van der Waals surface area contributed by atoms with Gasteiger partial charge in [0, 0.05) is 18.7 Å². The molecule has 10 heteroatoms. The molecule has 1 aromatic carbocycles. The highest BCUT2D eigenvalue weighted by Crippen LogP contribution is 2.44. The molecule has 1 saturated heterocycles. The normalized spacial score (nSPS) is 15.7. The van der Waals surface area contributed by atoms with Gasteiger partial charge in [0.1, 0.15) is 5.69 Å². The van der Waals surface area contributed by atoms with E-state index in [2.05, 4.69) is 25.9 Å². The number of nitrogens with one attached hydrogen (secondary N) is 3. The van der Waals surface area contributed by atoms with Crippen LogP contribution in [-0.4, -0.2) is 58.3 Å². The third-order valence-electron chi connectivity index (χ3n) is 5.19. The van der Waals surface area contributed by atoms with Crippen LogP contribution in [0.15, 0.2) is 18.2 Å². The molecular formula is C20H20N6O3S. The molecule has 2 aromatic heterocycles. The monoisotopic (exact) mass is 424 g/mol. The Hall–Kier alpha value is -3.08. The third-order valence-corrected chi connectivity index (χ3v) is 6.27. The quantitative estimate of drug-likeness (QED) is 0.466. The van der Waals surface area contributed by atoms with Gasteiger partial charge in [-0.05, 0) is 19.9 Å². The number of fused-ring (bicyclic) bond motifs is 3. The van der Waals surface area contributed by atoms with Gasteiger partial charge in [-0.3, -0.25) is 15.3 Å². The summed E-state index contributed by atoms with van der Waals surface area (Å²) in [4.78, 5) is 31.2. The molecule has 3 aromatic rings. The largest absolute Gasteiger partial charge is 0.379 e. The first kappa shape index (κ1) is 18.9. The number of nitrogens with zero attached hydrogens (tertiary/aromatic N) is 3. The molecule has 0 radical (unpaired) electrons. The van der Waals surface area contributed by atoms with Crippen molar-refractivity contribution in [1.29, 1.82) is 0 Å². The summed E-state index contributed by atoms with van der Waals surface area (Å²) in [5.74, 6) is -0.156. The van der Waals surface area contributed by atoms with Crippen molar-refractivity contribution in [2.24, 2.45) is 0 Å². The number of hydrazine groups is 1. The van der Waals surface area contributed by atoms with E-state index < -0.39 is 0 Å². The number of hydrogen-bond acceptors (Lipinski definition) is 7. The second-order valence-electron chi connectivity index (χ2n) is 7.19. The van der Waals surface area contributed by atoms with E-state index in [0.717, 1.165) is 21.1 Å². The number of aromatic amines is 1. The van der Waals surface area contributed by atoms with Crippen molar-refractivity contribution in [3.63, 3.8) is 0 Å². The van der Waals surface area contributed by atoms with Gasteiger partial charge in [-0.15, -0.1) is 11.3 Å². The number of ketones is 1. The summed E-state index contributed by atoms with van der Waals surface area (Å²) in [6, 6.07) is 5.02. The molecule has 9 nitrogen and oxygen atoms in total. The fourth-order valence-corrected chi connectivity index (χ4v) is 4.79. The zero-order chi connectivity index (χ0) is 20.8. The number of H-pyrrole nitrogens is 1. The first-order valence-electron chi connectivity index (χ1n) is 9.64. The molecule has 1 aliphatic heterocycles. The number of carbonyl (C=O) groups is 2. The van der Waals surface area contributed by atoms with Gasteiger partial charge in [-0.2, -0.15) is 5.10 Å². The lowest BCUT2D eigenvalue weighted by atomic mass is 10.1. The number of amides is 2. The Morgan fingerprint density at radius 1 is 1.23 bits per heavy atom. The minimum Gasteiger partial charge on any atom is -0.379 e. The van der Waals surface area contributed by atoms with Crippen molar-refractivity contribution < 1.29 is 14.3 Å². The number of carbonyl (C=O) groups excluding carboxylic acids is 2. The number of rotatable bonds is 3. The van der Waals surface area contributed by atoms with Gasteiger partial charge < -0.3 is 10.1 Å². The Labute approximate surface area is 176 Å². The molecule has 2 aliphatic rings. The van der Waals surface area contributed by atoms with E-state index in [1.54, 1.807) is 11.1 Å². The first-order chi connectivity index (χ1) is 14.5. The smallest absolute Gasteiger partial charge is 0.333 e. The number of morpholine rings is 1. The molecule has 1 aliphatic carbocycles. The SMILES string of the molecule is Cc1nc(C)c(-c2n[nH]c3c2C(=O)c2c(NC(=O)NN4CCOCC4)cccc2-3)s1. The summed E-state index contributed by atoms with van der Waals surface area (Å²) < 4.78 is 5.29. The fourth-order valence-electron chi connectivity index (χ4n) is 3.88. The van der Waals surface area contributed by atoms with Crippen molar-refractivity contribution >= 4 is 28.8 Å². The zero-order valence-corrected chi connectivity index (χ0v) is 17.4. The Morgan fingerprint density at radius 2 is 2.03 bits per heavy atom. The number of ether oxygens (including phenoxy) is 1. The van der Waals surface area contributed by atoms with Crippen LogP contribution < -0.4 is 10.7 Å². The molecular weight excluding hydrogens is 404 g/mol. The zero-order valence-electron chi connectivity index (χ0n) is 16.5. The lowest BCUT2D eigenvalue weighted by Crippen LogP contribution is -2.49. The van der Waals surface area contributed by atoms with Gasteiger partial charge in [0.2, 0.25) is 0 Å². The minimum absolute atomic E-state index is 0.156. The molecule has 2 amide bonds. The molecule has 0 spiro atoms. The molecule has 0 atom stereocenters. The van der Waals surface area contributed by atoms with Gasteiger partial charge in [0.25, 0.3) is 0 Å². The summed E-state index contributed by atoms with van der Waals surface area (Å²) in [6.07, 6.45) is 0. The lowest BCUT2D eigenvalue weighted by Gasteiger charge is -2.27. The minimum atomic E-state index is -0.388. The summed E-state index contributed by atoms with van der Waals surface area (Å²) in [6.45, 7) is 6.22. The average molecular weight is 424 g/mol. The predicted octanol–water partition coefficient (Wildman–Crippen LogP) is 2.73. The van der Waals surface area contributed by atoms with Crippen LogP contribution in [0.1, 0.15) is 26.6 Å². The molecule has 154 valence electrons. The van der Waals surface area contributed by atoms with Crippen LogP contribution in [0.4, 0.5) is 10.5 Å². The van der Waals surface area contributed by atoms with Crippen LogP contribution in [-0.2, 0) is 4.74 Å². The maximum Gasteiger partial charge on any atom is 0.333 e. The second kappa shape index (κ2) is 7.31. The molecule has 3 heterocycles. The number of urea groups is 1. The van der Waals surface area contributed by atoms with Gasteiger partial charge in [-0.25, -0.2) is 14.8 Å². The Balaban J connectivity index is 1.45. The summed E-state index contributed by atoms with van der Waals surface area (Å²) in [7, 11) is 0.